The predicted molar refractivity (Wildman–Crippen MR) is 85.8 cm³/mol. The summed E-state index contributed by atoms with van der Waals surface area (Å²) in [4.78, 5) is 0. The van der Waals surface area contributed by atoms with E-state index in [9.17, 15) is 10.5 Å². The molecule has 0 amide bonds. The Bertz CT molecular complexity index is 391. The van der Waals surface area contributed by atoms with E-state index in [4.69, 9.17) is 0 Å². The van der Waals surface area contributed by atoms with Crippen LogP contribution >= 0.6 is 0 Å². The molecule has 0 fully saturated rings. The first-order chi connectivity index (χ1) is 9.95. The van der Waals surface area contributed by atoms with Crippen molar-refractivity contribution >= 4 is 0 Å². The molecule has 4 nitrogen and oxygen atoms in total. The van der Waals surface area contributed by atoms with Crippen LogP contribution in [0, 0.1) is 22.7 Å². The van der Waals surface area contributed by atoms with Gasteiger partial charge in [0.25, 0.3) is 0 Å². The molecule has 0 spiro atoms. The fraction of sp³-hybridized carbons (Fsp3) is 0.882. The third-order valence-corrected chi connectivity index (χ3v) is 3.76. The van der Waals surface area contributed by atoms with Crippen molar-refractivity contribution in [3.05, 3.63) is 0 Å². The van der Waals surface area contributed by atoms with Crippen LogP contribution in [0.15, 0.2) is 10.2 Å². The monoisotopic (exact) mass is 290 g/mol. The van der Waals surface area contributed by atoms with Crippen molar-refractivity contribution in [3.63, 3.8) is 0 Å². The summed E-state index contributed by atoms with van der Waals surface area (Å²) in [5, 5.41) is 27.1. The zero-order chi connectivity index (χ0) is 16.2. The molecule has 0 radical (unpaired) electrons. The SMILES string of the molecule is CCCCCCC(C)(C#N)N=NC(C)(C#N)CCCCC. The van der Waals surface area contributed by atoms with Crippen LogP contribution in [-0.4, -0.2) is 11.1 Å². The number of unbranched alkanes of at least 4 members (excludes halogenated alkanes) is 5. The molecule has 4 heteroatoms. The van der Waals surface area contributed by atoms with E-state index in [0.29, 0.717) is 12.8 Å². The summed E-state index contributed by atoms with van der Waals surface area (Å²) in [7, 11) is 0. The number of rotatable bonds is 11. The molecule has 0 aromatic heterocycles. The zero-order valence-corrected chi connectivity index (χ0v) is 14.2. The lowest BCUT2D eigenvalue weighted by Gasteiger charge is -2.19. The molecule has 2 unspecified atom stereocenters. The van der Waals surface area contributed by atoms with Gasteiger partial charge in [0.15, 0.2) is 11.1 Å². The third-order valence-electron chi connectivity index (χ3n) is 3.76. The lowest BCUT2D eigenvalue weighted by Crippen LogP contribution is -2.23. The molecule has 0 aromatic carbocycles. The van der Waals surface area contributed by atoms with Crippen LogP contribution in [0.5, 0.6) is 0 Å². The fourth-order valence-electron chi connectivity index (χ4n) is 2.09. The van der Waals surface area contributed by atoms with Gasteiger partial charge in [0.1, 0.15) is 0 Å². The zero-order valence-electron chi connectivity index (χ0n) is 14.2. The molecule has 0 aromatic rings. The molecular formula is C17H30N4. The van der Waals surface area contributed by atoms with Crippen molar-refractivity contribution in [1.29, 1.82) is 10.5 Å². The standard InChI is InChI=1S/C17H30N4/c1-5-7-9-11-13-17(4,15-19)21-20-16(3,14-18)12-10-8-6-2/h5-13H2,1-4H3. The Morgan fingerprint density at radius 3 is 1.48 bits per heavy atom. The van der Waals surface area contributed by atoms with Crippen LogP contribution in [0.1, 0.15) is 85.5 Å². The van der Waals surface area contributed by atoms with E-state index >= 15 is 0 Å². The second-order valence-corrected chi connectivity index (χ2v) is 6.24. The van der Waals surface area contributed by atoms with Crippen molar-refractivity contribution < 1.29 is 0 Å². The van der Waals surface area contributed by atoms with Crippen molar-refractivity contribution in [2.75, 3.05) is 0 Å². The first-order valence-corrected chi connectivity index (χ1v) is 8.22. The highest BCUT2D eigenvalue weighted by molar-refractivity contribution is 5.07. The normalized spacial score (nSPS) is 16.9. The molecule has 2 atom stereocenters. The van der Waals surface area contributed by atoms with Gasteiger partial charge in [0, 0.05) is 0 Å². The fourth-order valence-corrected chi connectivity index (χ4v) is 2.09. The highest BCUT2D eigenvalue weighted by atomic mass is 15.2. The molecule has 0 aliphatic rings. The van der Waals surface area contributed by atoms with Crippen LogP contribution in [0.3, 0.4) is 0 Å². The summed E-state index contributed by atoms with van der Waals surface area (Å²) >= 11 is 0. The molecule has 0 heterocycles. The highest BCUT2D eigenvalue weighted by Gasteiger charge is 2.27. The van der Waals surface area contributed by atoms with Crippen LogP contribution in [-0.2, 0) is 0 Å². The molecule has 0 saturated heterocycles. The minimum Gasteiger partial charge on any atom is -0.196 e. The Morgan fingerprint density at radius 2 is 1.10 bits per heavy atom. The van der Waals surface area contributed by atoms with Gasteiger partial charge in [-0.25, -0.2) is 0 Å². The number of nitriles is 2. The topological polar surface area (TPSA) is 72.3 Å². The van der Waals surface area contributed by atoms with E-state index in [2.05, 4.69) is 36.2 Å². The Hall–Kier alpha value is -1.42. The van der Waals surface area contributed by atoms with Crippen LogP contribution in [0.25, 0.3) is 0 Å². The van der Waals surface area contributed by atoms with Crippen LogP contribution in [0.2, 0.25) is 0 Å². The molecule has 0 rings (SSSR count). The number of azo groups is 1. The minimum absolute atomic E-state index is 0.707. The summed E-state index contributed by atoms with van der Waals surface area (Å²) in [5.74, 6) is 0. The van der Waals surface area contributed by atoms with E-state index in [-0.39, 0.29) is 0 Å². The average Bonchev–Trinajstić information content (AvgIpc) is 2.50. The average molecular weight is 290 g/mol. The van der Waals surface area contributed by atoms with E-state index in [1.807, 2.05) is 6.92 Å². The summed E-state index contributed by atoms with van der Waals surface area (Å²) in [5.41, 5.74) is -1.59. The van der Waals surface area contributed by atoms with E-state index in [0.717, 1.165) is 32.1 Å². The van der Waals surface area contributed by atoms with Gasteiger partial charge in [-0.15, -0.1) is 0 Å². The van der Waals surface area contributed by atoms with Gasteiger partial charge in [-0.05, 0) is 39.5 Å². The molecule has 0 bridgehead atoms. The van der Waals surface area contributed by atoms with Gasteiger partial charge in [-0.2, -0.15) is 20.8 Å². The van der Waals surface area contributed by atoms with Crippen molar-refractivity contribution in [2.45, 2.75) is 96.6 Å². The van der Waals surface area contributed by atoms with Gasteiger partial charge in [-0.3, -0.25) is 0 Å². The molecule has 0 saturated carbocycles. The molecule has 21 heavy (non-hydrogen) atoms. The molecular weight excluding hydrogens is 260 g/mol. The van der Waals surface area contributed by atoms with E-state index in [1.165, 1.54) is 12.8 Å². The Balaban J connectivity index is 4.60. The van der Waals surface area contributed by atoms with Crippen molar-refractivity contribution in [2.24, 2.45) is 10.2 Å². The maximum Gasteiger partial charge on any atom is 0.164 e. The van der Waals surface area contributed by atoms with Crippen LogP contribution < -0.4 is 0 Å². The van der Waals surface area contributed by atoms with E-state index < -0.39 is 11.1 Å². The van der Waals surface area contributed by atoms with Crippen LogP contribution in [0.4, 0.5) is 0 Å². The predicted octanol–water partition coefficient (Wildman–Crippen LogP) is 5.55. The lowest BCUT2D eigenvalue weighted by molar-refractivity contribution is 0.426. The van der Waals surface area contributed by atoms with Crippen molar-refractivity contribution in [3.8, 4) is 12.1 Å². The van der Waals surface area contributed by atoms with Gasteiger partial charge in [0.2, 0.25) is 0 Å². The van der Waals surface area contributed by atoms with Gasteiger partial charge in [0.05, 0.1) is 12.1 Å². The summed E-state index contributed by atoms with van der Waals surface area (Å²) in [6.45, 7) is 7.92. The Kier molecular flexibility index (Phi) is 9.63. The first kappa shape index (κ1) is 19.6. The molecule has 118 valence electrons. The summed E-state index contributed by atoms with van der Waals surface area (Å²) < 4.78 is 0. The molecule has 0 N–H and O–H groups in total. The van der Waals surface area contributed by atoms with Gasteiger partial charge in [-0.1, -0.05) is 46.0 Å². The first-order valence-electron chi connectivity index (χ1n) is 8.22. The van der Waals surface area contributed by atoms with Gasteiger partial charge >= 0.3 is 0 Å². The second kappa shape index (κ2) is 10.3. The third kappa shape index (κ3) is 8.45. The smallest absolute Gasteiger partial charge is 0.164 e. The summed E-state index contributed by atoms with van der Waals surface area (Å²) in [6.07, 6.45) is 9.07. The quantitative estimate of drug-likeness (QED) is 0.369. The van der Waals surface area contributed by atoms with E-state index in [1.54, 1.807) is 6.92 Å². The number of hydrogen-bond donors (Lipinski definition) is 0. The maximum atomic E-state index is 9.34. The van der Waals surface area contributed by atoms with Gasteiger partial charge < -0.3 is 0 Å². The molecule has 0 aliphatic heterocycles. The Labute approximate surface area is 130 Å². The highest BCUT2D eigenvalue weighted by Crippen LogP contribution is 2.24. The lowest BCUT2D eigenvalue weighted by atomic mass is 9.96. The Morgan fingerprint density at radius 1 is 0.714 bits per heavy atom. The summed E-state index contributed by atoms with van der Waals surface area (Å²) in [6, 6.07) is 4.49. The molecule has 0 aliphatic carbocycles. The van der Waals surface area contributed by atoms with Crippen molar-refractivity contribution in [1.82, 2.24) is 0 Å². The second-order valence-electron chi connectivity index (χ2n) is 6.24. The number of hydrogen-bond acceptors (Lipinski definition) is 4. The largest absolute Gasteiger partial charge is 0.196 e. The minimum atomic E-state index is -0.795. The maximum absolute atomic E-state index is 9.34. The number of nitrogens with zero attached hydrogens (tertiary/aromatic N) is 4.